The van der Waals surface area contributed by atoms with Gasteiger partial charge in [-0.2, -0.15) is 0 Å². The van der Waals surface area contributed by atoms with E-state index >= 15 is 0 Å². The monoisotopic (exact) mass is 269 g/mol. The molecule has 1 fully saturated rings. The summed E-state index contributed by atoms with van der Waals surface area (Å²) in [6, 6.07) is 0.544. The van der Waals surface area contributed by atoms with E-state index in [2.05, 4.69) is 26.1 Å². The van der Waals surface area contributed by atoms with Gasteiger partial charge in [-0.25, -0.2) is 0 Å². The summed E-state index contributed by atoms with van der Waals surface area (Å²) in [5.41, 5.74) is 0. The smallest absolute Gasteiger partial charge is 0.0755 e. The van der Waals surface area contributed by atoms with Crippen molar-refractivity contribution in [3.8, 4) is 0 Å². The summed E-state index contributed by atoms with van der Waals surface area (Å²) in [6.45, 7) is 8.01. The summed E-state index contributed by atoms with van der Waals surface area (Å²) in [4.78, 5) is 0. The average molecular weight is 269 g/mol. The number of rotatable bonds is 9. The van der Waals surface area contributed by atoms with E-state index < -0.39 is 0 Å². The topological polar surface area (TPSA) is 21.3 Å². The van der Waals surface area contributed by atoms with Crippen molar-refractivity contribution in [1.29, 1.82) is 0 Å². The highest BCUT2D eigenvalue weighted by atomic mass is 16.5. The van der Waals surface area contributed by atoms with Crippen LogP contribution in [-0.2, 0) is 4.74 Å². The quantitative estimate of drug-likeness (QED) is 0.670. The number of hydrogen-bond donors (Lipinski definition) is 1. The normalized spacial score (nSPS) is 20.7. The Morgan fingerprint density at radius 2 is 1.68 bits per heavy atom. The Labute approximate surface area is 120 Å². The van der Waals surface area contributed by atoms with E-state index in [1.54, 1.807) is 0 Å². The van der Waals surface area contributed by atoms with Crippen molar-refractivity contribution in [2.24, 2.45) is 11.8 Å². The van der Waals surface area contributed by atoms with Gasteiger partial charge in [0.25, 0.3) is 0 Å². The highest BCUT2D eigenvalue weighted by Gasteiger charge is 2.33. The molecule has 0 aliphatic heterocycles. The lowest BCUT2D eigenvalue weighted by Gasteiger charge is -2.39. The Hall–Kier alpha value is -0.0800. The molecule has 0 amide bonds. The lowest BCUT2D eigenvalue weighted by atomic mass is 9.78. The van der Waals surface area contributed by atoms with Crippen molar-refractivity contribution in [2.45, 2.75) is 84.3 Å². The molecule has 0 aromatic rings. The summed E-state index contributed by atoms with van der Waals surface area (Å²) in [6.07, 6.45) is 11.1. The van der Waals surface area contributed by atoms with Crippen LogP contribution in [0.2, 0.25) is 0 Å². The highest BCUT2D eigenvalue weighted by molar-refractivity contribution is 4.88. The zero-order valence-electron chi connectivity index (χ0n) is 13.6. The molecular formula is C17H35NO. The maximum atomic E-state index is 5.97. The first kappa shape index (κ1) is 17.0. The third-order valence-electron chi connectivity index (χ3n) is 4.93. The number of nitrogens with one attached hydrogen (secondary N) is 1. The standard InChI is InChI=1S/C17H35NO/c1-5-13-18-16(14(6-2)7-3)17(19-4)15-11-9-8-10-12-15/h14-18H,5-13H2,1-4H3. The first-order valence-corrected chi connectivity index (χ1v) is 8.54. The zero-order chi connectivity index (χ0) is 14.1. The van der Waals surface area contributed by atoms with Gasteiger partial charge in [0.15, 0.2) is 0 Å². The summed E-state index contributed by atoms with van der Waals surface area (Å²) in [7, 11) is 1.92. The van der Waals surface area contributed by atoms with E-state index in [9.17, 15) is 0 Å². The molecule has 0 bridgehead atoms. The average Bonchev–Trinajstić information content (AvgIpc) is 2.47. The molecule has 0 radical (unpaired) electrons. The van der Waals surface area contributed by atoms with E-state index in [1.807, 2.05) is 7.11 Å². The van der Waals surface area contributed by atoms with Gasteiger partial charge in [0.05, 0.1) is 6.10 Å². The minimum Gasteiger partial charge on any atom is -0.380 e. The van der Waals surface area contributed by atoms with Crippen molar-refractivity contribution in [3.63, 3.8) is 0 Å². The third kappa shape index (κ3) is 5.07. The molecule has 2 unspecified atom stereocenters. The van der Waals surface area contributed by atoms with Crippen LogP contribution in [0.4, 0.5) is 0 Å². The van der Waals surface area contributed by atoms with E-state index in [4.69, 9.17) is 4.74 Å². The fraction of sp³-hybridized carbons (Fsp3) is 1.00. The van der Waals surface area contributed by atoms with Crippen LogP contribution in [0, 0.1) is 11.8 Å². The number of methoxy groups -OCH3 is 1. The minimum atomic E-state index is 0.414. The summed E-state index contributed by atoms with van der Waals surface area (Å²) < 4.78 is 5.97. The van der Waals surface area contributed by atoms with Gasteiger partial charge >= 0.3 is 0 Å². The van der Waals surface area contributed by atoms with Crippen LogP contribution in [-0.4, -0.2) is 25.8 Å². The molecule has 1 N–H and O–H groups in total. The molecule has 0 saturated heterocycles. The maximum absolute atomic E-state index is 5.97. The Bertz CT molecular complexity index is 209. The van der Waals surface area contributed by atoms with Gasteiger partial charge in [-0.15, -0.1) is 0 Å². The SMILES string of the molecule is CCCNC(C(CC)CC)C(OC)C1CCCCC1. The Kier molecular flexibility index (Phi) is 8.72. The van der Waals surface area contributed by atoms with Crippen LogP contribution in [0.1, 0.15) is 72.1 Å². The van der Waals surface area contributed by atoms with Crippen LogP contribution in [0.15, 0.2) is 0 Å². The summed E-state index contributed by atoms with van der Waals surface area (Å²) in [5, 5.41) is 3.79. The first-order chi connectivity index (χ1) is 9.28. The molecule has 2 nitrogen and oxygen atoms in total. The lowest BCUT2D eigenvalue weighted by molar-refractivity contribution is -0.00899. The van der Waals surface area contributed by atoms with Gasteiger partial charge < -0.3 is 10.1 Å². The van der Waals surface area contributed by atoms with E-state index in [-0.39, 0.29) is 0 Å². The van der Waals surface area contributed by atoms with Gasteiger partial charge in [0.2, 0.25) is 0 Å². The molecule has 1 aliphatic rings. The van der Waals surface area contributed by atoms with Crippen LogP contribution in [0.3, 0.4) is 0 Å². The molecule has 0 heterocycles. The molecular weight excluding hydrogens is 234 g/mol. The van der Waals surface area contributed by atoms with E-state index in [1.165, 1.54) is 51.4 Å². The number of ether oxygens (including phenoxy) is 1. The Balaban J connectivity index is 2.71. The van der Waals surface area contributed by atoms with Crippen molar-refractivity contribution in [2.75, 3.05) is 13.7 Å². The molecule has 114 valence electrons. The van der Waals surface area contributed by atoms with Crippen LogP contribution >= 0.6 is 0 Å². The van der Waals surface area contributed by atoms with Crippen molar-refractivity contribution < 1.29 is 4.74 Å². The van der Waals surface area contributed by atoms with E-state index in [0.29, 0.717) is 12.1 Å². The lowest BCUT2D eigenvalue weighted by Crippen LogP contribution is -2.50. The fourth-order valence-electron chi connectivity index (χ4n) is 3.75. The second kappa shape index (κ2) is 9.77. The Morgan fingerprint density at radius 1 is 1.05 bits per heavy atom. The van der Waals surface area contributed by atoms with Crippen LogP contribution in [0.25, 0.3) is 0 Å². The van der Waals surface area contributed by atoms with Crippen LogP contribution < -0.4 is 5.32 Å². The zero-order valence-corrected chi connectivity index (χ0v) is 13.6. The summed E-state index contributed by atoms with van der Waals surface area (Å²) >= 11 is 0. The molecule has 1 saturated carbocycles. The molecule has 1 rings (SSSR count). The molecule has 2 heteroatoms. The van der Waals surface area contributed by atoms with Gasteiger partial charge in [-0.3, -0.25) is 0 Å². The van der Waals surface area contributed by atoms with Crippen LogP contribution in [0.5, 0.6) is 0 Å². The van der Waals surface area contributed by atoms with Crippen molar-refractivity contribution in [3.05, 3.63) is 0 Å². The van der Waals surface area contributed by atoms with Gasteiger partial charge in [0, 0.05) is 13.2 Å². The summed E-state index contributed by atoms with van der Waals surface area (Å²) in [5.74, 6) is 1.52. The van der Waals surface area contributed by atoms with Crippen molar-refractivity contribution in [1.82, 2.24) is 5.32 Å². The Morgan fingerprint density at radius 3 is 2.16 bits per heavy atom. The minimum absolute atomic E-state index is 0.414. The maximum Gasteiger partial charge on any atom is 0.0755 e. The van der Waals surface area contributed by atoms with Gasteiger partial charge in [-0.05, 0) is 37.6 Å². The van der Waals surface area contributed by atoms with E-state index in [0.717, 1.165) is 18.4 Å². The second-order valence-electron chi connectivity index (χ2n) is 6.15. The second-order valence-corrected chi connectivity index (χ2v) is 6.15. The molecule has 1 aliphatic carbocycles. The highest BCUT2D eigenvalue weighted by Crippen LogP contribution is 2.32. The van der Waals surface area contributed by atoms with Gasteiger partial charge in [-0.1, -0.05) is 52.9 Å². The molecule has 2 atom stereocenters. The van der Waals surface area contributed by atoms with Gasteiger partial charge in [0.1, 0.15) is 0 Å². The number of hydrogen-bond acceptors (Lipinski definition) is 2. The first-order valence-electron chi connectivity index (χ1n) is 8.54. The molecule has 0 spiro atoms. The molecule has 19 heavy (non-hydrogen) atoms. The molecule has 0 aromatic carbocycles. The third-order valence-corrected chi connectivity index (χ3v) is 4.93. The predicted molar refractivity (Wildman–Crippen MR) is 83.5 cm³/mol. The van der Waals surface area contributed by atoms with Crippen molar-refractivity contribution >= 4 is 0 Å². The molecule has 0 aromatic heterocycles. The largest absolute Gasteiger partial charge is 0.380 e. The predicted octanol–water partition coefficient (Wildman–Crippen LogP) is 4.39. The fourth-order valence-corrected chi connectivity index (χ4v) is 3.75.